The molecule has 10 heteroatoms. The summed E-state index contributed by atoms with van der Waals surface area (Å²) in [6.07, 6.45) is 0. The van der Waals surface area contributed by atoms with Crippen LogP contribution < -0.4 is 20.7 Å². The van der Waals surface area contributed by atoms with Crippen molar-refractivity contribution in [2.24, 2.45) is 0 Å². The van der Waals surface area contributed by atoms with Gasteiger partial charge in [0.05, 0.1) is 12.6 Å². The highest BCUT2D eigenvalue weighted by Crippen LogP contribution is 2.22. The second kappa shape index (κ2) is 6.82. The number of para-hydroxylation sites is 1. The fraction of sp³-hybridized carbons (Fsp3) is 0.200. The Morgan fingerprint density at radius 3 is 2.76 bits per heavy atom. The van der Waals surface area contributed by atoms with Crippen molar-refractivity contribution in [3.63, 3.8) is 0 Å². The minimum Gasteiger partial charge on any atom is -0.495 e. The maximum Gasteiger partial charge on any atom is 0.328 e. The third-order valence-corrected chi connectivity index (χ3v) is 5.98. The van der Waals surface area contributed by atoms with Crippen molar-refractivity contribution in [2.45, 2.75) is 11.4 Å². The number of thiophene rings is 1. The van der Waals surface area contributed by atoms with Gasteiger partial charge in [0.1, 0.15) is 15.3 Å². The van der Waals surface area contributed by atoms with Crippen LogP contribution in [0.4, 0.5) is 0 Å². The minimum atomic E-state index is -3.83. The highest BCUT2D eigenvalue weighted by Gasteiger charge is 2.18. The summed E-state index contributed by atoms with van der Waals surface area (Å²) in [7, 11) is -2.45. The number of aromatic amines is 1. The van der Waals surface area contributed by atoms with E-state index < -0.39 is 21.3 Å². The van der Waals surface area contributed by atoms with Crippen molar-refractivity contribution in [3.8, 4) is 5.75 Å². The van der Waals surface area contributed by atoms with Gasteiger partial charge in [-0.1, -0.05) is 12.1 Å². The van der Waals surface area contributed by atoms with Crippen LogP contribution in [0.1, 0.15) is 0 Å². The molecule has 0 fully saturated rings. The fourth-order valence-corrected chi connectivity index (χ4v) is 4.37. The summed E-state index contributed by atoms with van der Waals surface area (Å²) in [5.74, 6) is 0.213. The number of fused-ring (bicyclic) bond motifs is 1. The maximum atomic E-state index is 12.4. The van der Waals surface area contributed by atoms with E-state index in [4.69, 9.17) is 4.74 Å². The zero-order valence-electron chi connectivity index (χ0n) is 13.2. The standard InChI is InChI=1S/C15H15N3O5S2/c1-23-11-4-2-3-5-12(11)25(21,22)16-7-8-18-14(19)13-10(6-9-24-13)17-15(18)20/h2-6,9,16H,7-8H2,1H3,(H,17,20). The van der Waals surface area contributed by atoms with Gasteiger partial charge in [-0.25, -0.2) is 17.9 Å². The van der Waals surface area contributed by atoms with Gasteiger partial charge in [0, 0.05) is 13.1 Å². The molecule has 8 nitrogen and oxygen atoms in total. The quantitative estimate of drug-likeness (QED) is 0.654. The number of aromatic nitrogens is 2. The molecule has 0 atom stereocenters. The van der Waals surface area contributed by atoms with Gasteiger partial charge in [-0.2, -0.15) is 0 Å². The molecule has 0 aliphatic rings. The molecular weight excluding hydrogens is 366 g/mol. The maximum absolute atomic E-state index is 12.4. The van der Waals surface area contributed by atoms with Crippen LogP contribution in [0, 0.1) is 0 Å². The monoisotopic (exact) mass is 381 g/mol. The molecule has 0 amide bonds. The largest absolute Gasteiger partial charge is 0.495 e. The highest BCUT2D eigenvalue weighted by molar-refractivity contribution is 7.89. The van der Waals surface area contributed by atoms with E-state index in [2.05, 4.69) is 9.71 Å². The summed E-state index contributed by atoms with van der Waals surface area (Å²) in [5, 5.41) is 1.71. The average molecular weight is 381 g/mol. The Hall–Kier alpha value is -2.43. The van der Waals surface area contributed by atoms with Crippen LogP contribution >= 0.6 is 11.3 Å². The Bertz CT molecular complexity index is 1130. The number of benzene rings is 1. The molecular formula is C15H15N3O5S2. The van der Waals surface area contributed by atoms with Gasteiger partial charge in [0.25, 0.3) is 5.56 Å². The van der Waals surface area contributed by atoms with E-state index in [1.54, 1.807) is 23.6 Å². The van der Waals surface area contributed by atoms with E-state index in [0.717, 1.165) is 4.57 Å². The second-order valence-corrected chi connectivity index (χ2v) is 7.75. The molecule has 25 heavy (non-hydrogen) atoms. The van der Waals surface area contributed by atoms with Crippen molar-refractivity contribution < 1.29 is 13.2 Å². The molecule has 1 aromatic carbocycles. The number of methoxy groups -OCH3 is 1. The van der Waals surface area contributed by atoms with E-state index in [0.29, 0.717) is 10.2 Å². The van der Waals surface area contributed by atoms with Gasteiger partial charge in [0.15, 0.2) is 0 Å². The number of nitrogens with one attached hydrogen (secondary N) is 2. The lowest BCUT2D eigenvalue weighted by Gasteiger charge is -2.11. The van der Waals surface area contributed by atoms with Crippen molar-refractivity contribution in [2.75, 3.05) is 13.7 Å². The molecule has 3 aromatic rings. The Morgan fingerprint density at radius 1 is 1.24 bits per heavy atom. The number of hydrogen-bond acceptors (Lipinski definition) is 6. The first-order chi connectivity index (χ1) is 11.9. The van der Waals surface area contributed by atoms with Crippen LogP contribution in [0.15, 0.2) is 50.2 Å². The van der Waals surface area contributed by atoms with Gasteiger partial charge >= 0.3 is 5.69 Å². The van der Waals surface area contributed by atoms with Crippen LogP contribution in [-0.4, -0.2) is 31.6 Å². The zero-order valence-corrected chi connectivity index (χ0v) is 14.8. The third kappa shape index (κ3) is 3.36. The third-order valence-electron chi connectivity index (χ3n) is 3.58. The minimum absolute atomic E-state index is 0.00698. The number of hydrogen-bond donors (Lipinski definition) is 2. The molecule has 0 radical (unpaired) electrons. The lowest BCUT2D eigenvalue weighted by atomic mass is 10.3. The highest BCUT2D eigenvalue weighted by atomic mass is 32.2. The molecule has 0 saturated carbocycles. The van der Waals surface area contributed by atoms with Crippen molar-refractivity contribution in [1.29, 1.82) is 0 Å². The average Bonchev–Trinajstić information content (AvgIpc) is 3.06. The van der Waals surface area contributed by atoms with E-state index in [-0.39, 0.29) is 23.7 Å². The van der Waals surface area contributed by atoms with Crippen molar-refractivity contribution in [1.82, 2.24) is 14.3 Å². The summed E-state index contributed by atoms with van der Waals surface area (Å²) in [4.78, 5) is 26.9. The summed E-state index contributed by atoms with van der Waals surface area (Å²) in [6.45, 7) is -0.198. The number of ether oxygens (including phenoxy) is 1. The molecule has 3 rings (SSSR count). The molecule has 2 heterocycles. The topological polar surface area (TPSA) is 110 Å². The van der Waals surface area contributed by atoms with Crippen LogP contribution in [0.5, 0.6) is 5.75 Å². The van der Waals surface area contributed by atoms with E-state index >= 15 is 0 Å². The molecule has 0 aliphatic carbocycles. The van der Waals surface area contributed by atoms with Gasteiger partial charge in [0.2, 0.25) is 10.0 Å². The Balaban J connectivity index is 1.81. The number of H-pyrrole nitrogens is 1. The molecule has 132 valence electrons. The zero-order chi connectivity index (χ0) is 18.0. The van der Waals surface area contributed by atoms with Crippen LogP contribution in [0.2, 0.25) is 0 Å². The Kier molecular flexibility index (Phi) is 4.75. The first kappa shape index (κ1) is 17.4. The lowest BCUT2D eigenvalue weighted by molar-refractivity contribution is 0.402. The fourth-order valence-electron chi connectivity index (χ4n) is 2.38. The second-order valence-electron chi connectivity index (χ2n) is 5.10. The molecule has 0 unspecified atom stereocenters. The normalized spacial score (nSPS) is 11.7. The number of sulfonamides is 1. The predicted molar refractivity (Wildman–Crippen MR) is 94.9 cm³/mol. The summed E-state index contributed by atoms with van der Waals surface area (Å²) in [5.41, 5.74) is -0.538. The SMILES string of the molecule is COc1ccccc1S(=O)(=O)NCCn1c(=O)[nH]c2ccsc2c1=O. The van der Waals surface area contributed by atoms with Crippen LogP contribution in [0.3, 0.4) is 0 Å². The number of rotatable bonds is 6. The summed E-state index contributed by atoms with van der Waals surface area (Å²) < 4.78 is 33.6. The molecule has 0 bridgehead atoms. The lowest BCUT2D eigenvalue weighted by Crippen LogP contribution is -2.38. The number of nitrogens with zero attached hydrogens (tertiary/aromatic N) is 1. The van der Waals surface area contributed by atoms with Gasteiger partial charge in [-0.15, -0.1) is 11.3 Å². The van der Waals surface area contributed by atoms with Crippen molar-refractivity contribution >= 4 is 31.6 Å². The van der Waals surface area contributed by atoms with Crippen molar-refractivity contribution in [3.05, 3.63) is 56.5 Å². The van der Waals surface area contributed by atoms with E-state index in [1.807, 2.05) is 0 Å². The van der Waals surface area contributed by atoms with Gasteiger partial charge in [-0.3, -0.25) is 9.36 Å². The molecule has 0 aliphatic heterocycles. The Morgan fingerprint density at radius 2 is 2.00 bits per heavy atom. The van der Waals surface area contributed by atoms with E-state index in [9.17, 15) is 18.0 Å². The molecule has 0 spiro atoms. The van der Waals surface area contributed by atoms with Gasteiger partial charge in [-0.05, 0) is 23.6 Å². The van der Waals surface area contributed by atoms with Crippen LogP contribution in [0.25, 0.3) is 10.2 Å². The summed E-state index contributed by atoms with van der Waals surface area (Å²) >= 11 is 1.22. The Labute approximate surface area is 146 Å². The smallest absolute Gasteiger partial charge is 0.328 e. The van der Waals surface area contributed by atoms with Gasteiger partial charge < -0.3 is 9.72 Å². The first-order valence-corrected chi connectivity index (χ1v) is 9.63. The van der Waals surface area contributed by atoms with Crippen LogP contribution in [-0.2, 0) is 16.6 Å². The molecule has 2 aromatic heterocycles. The first-order valence-electron chi connectivity index (χ1n) is 7.27. The molecule has 0 saturated heterocycles. The van der Waals surface area contributed by atoms with E-state index in [1.165, 1.54) is 30.6 Å². The predicted octanol–water partition coefficient (Wildman–Crippen LogP) is 0.738. The summed E-state index contributed by atoms with van der Waals surface area (Å²) in [6, 6.07) is 7.84. The molecule has 2 N–H and O–H groups in total.